The fourth-order valence-electron chi connectivity index (χ4n) is 2.43. The quantitative estimate of drug-likeness (QED) is 0.736. The second-order valence-electron chi connectivity index (χ2n) is 4.52. The molecule has 0 bridgehead atoms. The molecule has 0 radical (unpaired) electrons. The molecule has 0 fully saturated rings. The maximum absolute atomic E-state index is 10.6. The Balaban J connectivity index is 1.96. The predicted octanol–water partition coefficient (Wildman–Crippen LogP) is 2.26. The van der Waals surface area contributed by atoms with Crippen LogP contribution in [0.2, 0.25) is 0 Å². The van der Waals surface area contributed by atoms with Gasteiger partial charge < -0.3 is 19.0 Å². The van der Waals surface area contributed by atoms with Crippen LogP contribution in [0.1, 0.15) is 31.2 Å². The third kappa shape index (κ3) is 1.73. The van der Waals surface area contributed by atoms with Crippen molar-refractivity contribution in [3.8, 4) is 17.2 Å². The molecule has 2 aliphatic heterocycles. The van der Waals surface area contributed by atoms with Gasteiger partial charge in [0.25, 0.3) is 0 Å². The molecule has 2 aliphatic rings. The summed E-state index contributed by atoms with van der Waals surface area (Å²) in [6.45, 7) is 2.41. The number of fused-ring (bicyclic) bond motifs is 2. The van der Waals surface area contributed by atoms with Gasteiger partial charge in [0.15, 0.2) is 11.5 Å². The van der Waals surface area contributed by atoms with Crippen LogP contribution in [0.4, 0.5) is 0 Å². The van der Waals surface area contributed by atoms with Crippen LogP contribution >= 0.6 is 0 Å². The SMILES string of the molecule is C[C@@H]1C[C@H](CC=O)Oc2cc3c(cc21)OCO3. The zero-order valence-electron chi connectivity index (χ0n) is 9.64. The van der Waals surface area contributed by atoms with Gasteiger partial charge in [0.1, 0.15) is 18.1 Å². The molecule has 1 aromatic rings. The van der Waals surface area contributed by atoms with Crippen LogP contribution in [-0.2, 0) is 4.79 Å². The molecule has 0 N–H and O–H groups in total. The van der Waals surface area contributed by atoms with Crippen molar-refractivity contribution in [1.82, 2.24) is 0 Å². The highest BCUT2D eigenvalue weighted by atomic mass is 16.7. The van der Waals surface area contributed by atoms with Crippen molar-refractivity contribution < 1.29 is 19.0 Å². The summed E-state index contributed by atoms with van der Waals surface area (Å²) in [6, 6.07) is 3.85. The van der Waals surface area contributed by atoms with Crippen LogP contribution in [0.5, 0.6) is 17.2 Å². The Morgan fingerprint density at radius 3 is 2.82 bits per heavy atom. The minimum Gasteiger partial charge on any atom is -0.490 e. The van der Waals surface area contributed by atoms with E-state index in [1.165, 1.54) is 0 Å². The van der Waals surface area contributed by atoms with E-state index in [9.17, 15) is 4.79 Å². The summed E-state index contributed by atoms with van der Waals surface area (Å²) in [5, 5.41) is 0. The van der Waals surface area contributed by atoms with Crippen LogP contribution < -0.4 is 14.2 Å². The van der Waals surface area contributed by atoms with Gasteiger partial charge in [-0.05, 0) is 18.4 Å². The van der Waals surface area contributed by atoms with Crippen molar-refractivity contribution >= 4 is 6.29 Å². The Bertz CT molecular complexity index is 455. The number of aldehydes is 1. The monoisotopic (exact) mass is 234 g/mol. The van der Waals surface area contributed by atoms with Gasteiger partial charge in [0.05, 0.1) is 0 Å². The first-order valence-electron chi connectivity index (χ1n) is 5.81. The smallest absolute Gasteiger partial charge is 0.231 e. The summed E-state index contributed by atoms with van der Waals surface area (Å²) in [5.74, 6) is 2.70. The lowest BCUT2D eigenvalue weighted by atomic mass is 9.90. The number of benzene rings is 1. The predicted molar refractivity (Wildman–Crippen MR) is 60.7 cm³/mol. The Labute approximate surface area is 99.5 Å². The van der Waals surface area contributed by atoms with Gasteiger partial charge >= 0.3 is 0 Å². The molecule has 0 amide bonds. The summed E-state index contributed by atoms with van der Waals surface area (Å²) in [6.07, 6.45) is 2.20. The minimum absolute atomic E-state index is 0.0182. The molecule has 1 aromatic carbocycles. The molecule has 0 unspecified atom stereocenters. The normalized spacial score (nSPS) is 25.0. The summed E-state index contributed by atoms with van der Waals surface area (Å²) >= 11 is 0. The van der Waals surface area contributed by atoms with Crippen LogP contribution in [0, 0.1) is 0 Å². The molecule has 4 heteroatoms. The van der Waals surface area contributed by atoms with Crippen LogP contribution in [0.15, 0.2) is 12.1 Å². The van der Waals surface area contributed by atoms with Gasteiger partial charge in [-0.25, -0.2) is 0 Å². The van der Waals surface area contributed by atoms with Crippen molar-refractivity contribution in [2.45, 2.75) is 31.8 Å². The molecule has 3 rings (SSSR count). The molecule has 2 heterocycles. The number of carbonyl (C=O) groups excluding carboxylic acids is 1. The Morgan fingerprint density at radius 1 is 1.29 bits per heavy atom. The fraction of sp³-hybridized carbons (Fsp3) is 0.462. The maximum Gasteiger partial charge on any atom is 0.231 e. The van der Waals surface area contributed by atoms with Crippen molar-refractivity contribution in [3.05, 3.63) is 17.7 Å². The van der Waals surface area contributed by atoms with Gasteiger partial charge in [-0.2, -0.15) is 0 Å². The number of rotatable bonds is 2. The second kappa shape index (κ2) is 3.95. The first-order chi connectivity index (χ1) is 8.28. The number of ether oxygens (including phenoxy) is 3. The molecule has 17 heavy (non-hydrogen) atoms. The number of hydrogen-bond acceptors (Lipinski definition) is 4. The van der Waals surface area contributed by atoms with Crippen molar-refractivity contribution in [2.75, 3.05) is 6.79 Å². The third-order valence-corrected chi connectivity index (χ3v) is 3.31. The van der Waals surface area contributed by atoms with E-state index in [4.69, 9.17) is 14.2 Å². The van der Waals surface area contributed by atoms with E-state index in [2.05, 4.69) is 6.92 Å². The lowest BCUT2D eigenvalue weighted by Gasteiger charge is -2.29. The topological polar surface area (TPSA) is 44.8 Å². The van der Waals surface area contributed by atoms with Crippen LogP contribution in [0.3, 0.4) is 0 Å². The van der Waals surface area contributed by atoms with E-state index in [0.29, 0.717) is 12.3 Å². The van der Waals surface area contributed by atoms with E-state index in [0.717, 1.165) is 35.5 Å². The highest BCUT2D eigenvalue weighted by Gasteiger charge is 2.28. The van der Waals surface area contributed by atoms with Crippen molar-refractivity contribution in [2.24, 2.45) is 0 Å². The molecule has 2 atom stereocenters. The third-order valence-electron chi connectivity index (χ3n) is 3.31. The zero-order valence-corrected chi connectivity index (χ0v) is 9.64. The first kappa shape index (κ1) is 10.4. The van der Waals surface area contributed by atoms with Gasteiger partial charge in [-0.1, -0.05) is 6.92 Å². The number of carbonyl (C=O) groups is 1. The van der Waals surface area contributed by atoms with Gasteiger partial charge in [-0.3, -0.25) is 0 Å². The van der Waals surface area contributed by atoms with Gasteiger partial charge in [0, 0.05) is 18.1 Å². The van der Waals surface area contributed by atoms with Gasteiger partial charge in [0.2, 0.25) is 6.79 Å². The highest BCUT2D eigenvalue weighted by Crippen LogP contribution is 2.44. The van der Waals surface area contributed by atoms with E-state index in [1.54, 1.807) is 0 Å². The number of hydrogen-bond donors (Lipinski definition) is 0. The molecule has 4 nitrogen and oxygen atoms in total. The highest BCUT2D eigenvalue weighted by molar-refractivity contribution is 5.55. The van der Waals surface area contributed by atoms with E-state index < -0.39 is 0 Å². The van der Waals surface area contributed by atoms with Crippen LogP contribution in [0.25, 0.3) is 0 Å². The van der Waals surface area contributed by atoms with Crippen molar-refractivity contribution in [1.29, 1.82) is 0 Å². The summed E-state index contributed by atoms with van der Waals surface area (Å²) < 4.78 is 16.5. The van der Waals surface area contributed by atoms with Gasteiger partial charge in [-0.15, -0.1) is 0 Å². The molecule has 0 saturated carbocycles. The second-order valence-corrected chi connectivity index (χ2v) is 4.52. The summed E-state index contributed by atoms with van der Waals surface area (Å²) in [4.78, 5) is 10.6. The molecule has 0 aliphatic carbocycles. The molecule has 0 saturated heterocycles. The Hall–Kier alpha value is -1.71. The minimum atomic E-state index is -0.0182. The standard InChI is InChI=1S/C13H14O4/c1-8-4-9(2-3-14)17-11-6-13-12(5-10(8)11)15-7-16-13/h3,5-6,8-9H,2,4,7H2,1H3/t8-,9+/m1/s1. The Morgan fingerprint density at radius 2 is 2.06 bits per heavy atom. The average Bonchev–Trinajstić information content (AvgIpc) is 2.74. The first-order valence-corrected chi connectivity index (χ1v) is 5.81. The van der Waals surface area contributed by atoms with E-state index in [1.807, 2.05) is 12.1 Å². The fourth-order valence-corrected chi connectivity index (χ4v) is 2.43. The molecular weight excluding hydrogens is 220 g/mol. The van der Waals surface area contributed by atoms with Crippen LogP contribution in [-0.4, -0.2) is 19.2 Å². The van der Waals surface area contributed by atoms with Crippen molar-refractivity contribution in [3.63, 3.8) is 0 Å². The Kier molecular flexibility index (Phi) is 2.42. The average molecular weight is 234 g/mol. The summed E-state index contributed by atoms with van der Waals surface area (Å²) in [7, 11) is 0. The molecular formula is C13H14O4. The largest absolute Gasteiger partial charge is 0.490 e. The maximum atomic E-state index is 10.6. The lowest BCUT2D eigenvalue weighted by molar-refractivity contribution is -0.109. The molecule has 0 spiro atoms. The summed E-state index contributed by atoms with van der Waals surface area (Å²) in [5.41, 5.74) is 1.14. The molecule has 0 aromatic heterocycles. The lowest BCUT2D eigenvalue weighted by Crippen LogP contribution is -2.24. The van der Waals surface area contributed by atoms with E-state index >= 15 is 0 Å². The molecule has 90 valence electrons. The van der Waals surface area contributed by atoms with E-state index in [-0.39, 0.29) is 12.9 Å². The zero-order chi connectivity index (χ0) is 11.8.